The summed E-state index contributed by atoms with van der Waals surface area (Å²) in [6.45, 7) is 7.44. The van der Waals surface area contributed by atoms with Gasteiger partial charge in [0.25, 0.3) is 5.91 Å². The molecule has 0 aliphatic carbocycles. The molecule has 2 aliphatic heterocycles. The number of para-hydroxylation sites is 1. The number of hydrogen-bond acceptors (Lipinski definition) is 8. The Labute approximate surface area is 305 Å². The van der Waals surface area contributed by atoms with Crippen molar-refractivity contribution in [2.24, 2.45) is 5.73 Å². The summed E-state index contributed by atoms with van der Waals surface area (Å²) in [5.41, 5.74) is 12.4. The van der Waals surface area contributed by atoms with Crippen LogP contribution in [0.25, 0.3) is 11.1 Å². The highest BCUT2D eigenvalue weighted by Gasteiger charge is 2.29. The molecular weight excluding hydrogens is 658 g/mol. The SMILES string of the molecule is CCn1c(C(N)=O)nc2c1CN(Cc1cc(CCN(C)C(=O)CCN3CCC(OC(=O)Nc4ccccc4-c4ccccc4)CC3)ccc1OC)C2. The molecule has 52 heavy (non-hydrogen) atoms. The van der Waals surface area contributed by atoms with E-state index in [-0.39, 0.29) is 12.0 Å². The van der Waals surface area contributed by atoms with E-state index in [1.165, 1.54) is 0 Å². The van der Waals surface area contributed by atoms with Crippen molar-refractivity contribution in [3.63, 3.8) is 0 Å². The topological polar surface area (TPSA) is 135 Å². The molecule has 3 amide bonds. The second kappa shape index (κ2) is 16.9. The fourth-order valence-corrected chi connectivity index (χ4v) is 7.18. The van der Waals surface area contributed by atoms with E-state index in [2.05, 4.69) is 32.2 Å². The van der Waals surface area contributed by atoms with Crippen molar-refractivity contribution in [1.29, 1.82) is 0 Å². The van der Waals surface area contributed by atoms with E-state index in [4.69, 9.17) is 15.2 Å². The Hall–Kier alpha value is -5.20. The molecule has 6 rings (SSSR count). The summed E-state index contributed by atoms with van der Waals surface area (Å²) < 4.78 is 13.4. The first-order valence-corrected chi connectivity index (χ1v) is 18.1. The van der Waals surface area contributed by atoms with E-state index in [0.29, 0.717) is 51.5 Å². The Morgan fingerprint density at radius 3 is 2.46 bits per heavy atom. The molecule has 0 atom stereocenters. The van der Waals surface area contributed by atoms with Crippen molar-refractivity contribution < 1.29 is 23.9 Å². The zero-order valence-corrected chi connectivity index (χ0v) is 30.3. The van der Waals surface area contributed by atoms with Crippen LogP contribution in [0, 0.1) is 0 Å². The zero-order chi connectivity index (χ0) is 36.6. The minimum atomic E-state index is -0.504. The number of nitrogens with one attached hydrogen (secondary N) is 1. The monoisotopic (exact) mass is 707 g/mol. The van der Waals surface area contributed by atoms with Gasteiger partial charge >= 0.3 is 6.09 Å². The third-order valence-electron chi connectivity index (χ3n) is 10.0. The van der Waals surface area contributed by atoms with E-state index in [1.54, 1.807) is 12.0 Å². The van der Waals surface area contributed by atoms with Crippen LogP contribution in [-0.4, -0.2) is 88.6 Å². The molecule has 1 fully saturated rings. The van der Waals surface area contributed by atoms with Gasteiger partial charge in [0.15, 0.2) is 5.82 Å². The fourth-order valence-electron chi connectivity index (χ4n) is 7.18. The van der Waals surface area contributed by atoms with E-state index >= 15 is 0 Å². The molecule has 1 saturated heterocycles. The summed E-state index contributed by atoms with van der Waals surface area (Å²) in [5, 5.41) is 2.93. The number of nitrogens with zero attached hydrogens (tertiary/aromatic N) is 5. The maximum atomic E-state index is 13.1. The Bertz CT molecular complexity index is 1870. The van der Waals surface area contributed by atoms with Crippen molar-refractivity contribution in [3.05, 3.63) is 101 Å². The van der Waals surface area contributed by atoms with Gasteiger partial charge in [-0.2, -0.15) is 0 Å². The number of primary amides is 1. The lowest BCUT2D eigenvalue weighted by Gasteiger charge is -2.31. The van der Waals surface area contributed by atoms with Gasteiger partial charge in [0, 0.05) is 77.0 Å². The first-order chi connectivity index (χ1) is 25.2. The summed E-state index contributed by atoms with van der Waals surface area (Å²) in [6, 6.07) is 23.9. The second-order valence-electron chi connectivity index (χ2n) is 13.5. The molecular formula is C40H49N7O5. The molecule has 12 heteroatoms. The van der Waals surface area contributed by atoms with Crippen LogP contribution in [0.2, 0.25) is 0 Å². The average molecular weight is 708 g/mol. The van der Waals surface area contributed by atoms with Crippen LogP contribution < -0.4 is 15.8 Å². The smallest absolute Gasteiger partial charge is 0.411 e. The first-order valence-electron chi connectivity index (χ1n) is 18.1. The van der Waals surface area contributed by atoms with Crippen LogP contribution in [0.5, 0.6) is 5.75 Å². The first kappa shape index (κ1) is 36.6. The number of likely N-dealkylation sites (N-methyl/N-ethyl adjacent to an activating group) is 1. The van der Waals surface area contributed by atoms with Crippen LogP contribution in [-0.2, 0) is 42.1 Å². The van der Waals surface area contributed by atoms with Gasteiger partial charge in [0.1, 0.15) is 11.9 Å². The number of imidazole rings is 1. The van der Waals surface area contributed by atoms with Gasteiger partial charge < -0.3 is 29.6 Å². The van der Waals surface area contributed by atoms with Gasteiger partial charge in [-0.25, -0.2) is 9.78 Å². The molecule has 3 heterocycles. The number of amides is 3. The highest BCUT2D eigenvalue weighted by molar-refractivity contribution is 5.91. The van der Waals surface area contributed by atoms with Crippen LogP contribution in [0.15, 0.2) is 72.8 Å². The minimum absolute atomic E-state index is 0.109. The van der Waals surface area contributed by atoms with Gasteiger partial charge in [0.2, 0.25) is 5.91 Å². The van der Waals surface area contributed by atoms with Crippen molar-refractivity contribution in [2.45, 2.75) is 64.9 Å². The molecule has 3 aromatic carbocycles. The normalized spacial score (nSPS) is 14.9. The number of piperidine rings is 1. The number of hydrogen-bond donors (Lipinski definition) is 2. The lowest BCUT2D eigenvalue weighted by Crippen LogP contribution is -2.40. The molecule has 12 nitrogen and oxygen atoms in total. The third-order valence-corrected chi connectivity index (χ3v) is 10.0. The molecule has 4 aromatic rings. The lowest BCUT2D eigenvalue weighted by molar-refractivity contribution is -0.130. The predicted molar refractivity (Wildman–Crippen MR) is 200 cm³/mol. The minimum Gasteiger partial charge on any atom is -0.496 e. The third kappa shape index (κ3) is 8.80. The Balaban J connectivity index is 0.922. The maximum absolute atomic E-state index is 13.1. The van der Waals surface area contributed by atoms with Crippen LogP contribution in [0.4, 0.5) is 10.5 Å². The van der Waals surface area contributed by atoms with E-state index < -0.39 is 12.0 Å². The van der Waals surface area contributed by atoms with Crippen LogP contribution >= 0.6 is 0 Å². The number of rotatable bonds is 14. The summed E-state index contributed by atoms with van der Waals surface area (Å²) in [6.07, 6.45) is 2.01. The van der Waals surface area contributed by atoms with Crippen molar-refractivity contribution >= 4 is 23.6 Å². The number of carbonyl (C=O) groups excluding carboxylic acids is 3. The lowest BCUT2D eigenvalue weighted by atomic mass is 10.0. The van der Waals surface area contributed by atoms with Gasteiger partial charge in [0.05, 0.1) is 24.2 Å². The Morgan fingerprint density at radius 1 is 0.981 bits per heavy atom. The standard InChI is InChI=1S/C40H49N7O5/c1-4-47-35-27-46(26-34(35)42-39(47)38(41)49)25-30-24-28(14-15-36(30)51-3)16-20-44(2)37(48)19-23-45-21-17-31(18-22-45)52-40(50)43-33-13-9-8-12-32(33)29-10-6-5-7-11-29/h5-15,24,31H,4,16-23,25-27H2,1-3H3,(H2,41,49)(H,43,50). The highest BCUT2D eigenvalue weighted by Crippen LogP contribution is 2.30. The fraction of sp³-hybridized carbons (Fsp3) is 0.400. The highest BCUT2D eigenvalue weighted by atomic mass is 16.6. The van der Waals surface area contributed by atoms with Crippen molar-refractivity contribution in [2.75, 3.05) is 45.7 Å². The number of aromatic nitrogens is 2. The van der Waals surface area contributed by atoms with Gasteiger partial charge in [-0.3, -0.25) is 19.8 Å². The number of methoxy groups -OCH3 is 1. The summed E-state index contributed by atoms with van der Waals surface area (Å²) >= 11 is 0. The second-order valence-corrected chi connectivity index (χ2v) is 13.5. The number of carbonyl (C=O) groups is 3. The number of fused-ring (bicyclic) bond motifs is 1. The molecule has 2 aliphatic rings. The maximum Gasteiger partial charge on any atom is 0.411 e. The zero-order valence-electron chi connectivity index (χ0n) is 30.3. The number of ether oxygens (including phenoxy) is 2. The molecule has 1 aromatic heterocycles. The van der Waals surface area contributed by atoms with E-state index in [0.717, 1.165) is 77.4 Å². The Morgan fingerprint density at radius 2 is 1.73 bits per heavy atom. The molecule has 0 radical (unpaired) electrons. The molecule has 0 unspecified atom stereocenters. The molecule has 3 N–H and O–H groups in total. The number of anilines is 1. The number of benzene rings is 3. The molecule has 0 spiro atoms. The van der Waals surface area contributed by atoms with E-state index in [1.807, 2.05) is 79.2 Å². The summed E-state index contributed by atoms with van der Waals surface area (Å²) in [4.78, 5) is 48.6. The molecule has 0 bridgehead atoms. The predicted octanol–water partition coefficient (Wildman–Crippen LogP) is 5.30. The molecule has 274 valence electrons. The number of likely N-dealkylation sites (tertiary alicyclic amines) is 1. The van der Waals surface area contributed by atoms with Crippen LogP contribution in [0.3, 0.4) is 0 Å². The van der Waals surface area contributed by atoms with E-state index in [9.17, 15) is 14.4 Å². The Kier molecular flexibility index (Phi) is 11.9. The van der Waals surface area contributed by atoms with Gasteiger partial charge in [-0.15, -0.1) is 0 Å². The number of nitrogens with two attached hydrogens (primary N) is 1. The van der Waals surface area contributed by atoms with Crippen molar-refractivity contribution in [3.8, 4) is 16.9 Å². The van der Waals surface area contributed by atoms with Gasteiger partial charge in [-0.05, 0) is 49.4 Å². The van der Waals surface area contributed by atoms with Crippen LogP contribution in [0.1, 0.15) is 59.3 Å². The van der Waals surface area contributed by atoms with Gasteiger partial charge in [-0.1, -0.05) is 60.7 Å². The summed E-state index contributed by atoms with van der Waals surface area (Å²) in [5.74, 6) is 0.744. The van der Waals surface area contributed by atoms with Crippen molar-refractivity contribution in [1.82, 2.24) is 24.3 Å². The molecule has 0 saturated carbocycles. The summed E-state index contributed by atoms with van der Waals surface area (Å²) in [7, 11) is 3.54. The largest absolute Gasteiger partial charge is 0.496 e. The quantitative estimate of drug-likeness (QED) is 0.181. The average Bonchev–Trinajstić information content (AvgIpc) is 3.71.